The van der Waals surface area contributed by atoms with E-state index < -0.39 is 12.2 Å². The van der Waals surface area contributed by atoms with E-state index in [-0.39, 0.29) is 17.0 Å². The Bertz CT molecular complexity index is 279. The van der Waals surface area contributed by atoms with Crippen molar-refractivity contribution in [1.82, 2.24) is 0 Å². The third-order valence-corrected chi connectivity index (χ3v) is 3.20. The van der Waals surface area contributed by atoms with E-state index in [2.05, 4.69) is 13.8 Å². The lowest BCUT2D eigenvalue weighted by atomic mass is 9.70. The molecule has 0 amide bonds. The van der Waals surface area contributed by atoms with Gasteiger partial charge in [0.1, 0.15) is 5.78 Å². The molecule has 0 spiro atoms. The summed E-state index contributed by atoms with van der Waals surface area (Å²) in [5, 5.41) is 0. The number of Topliss-reactive ketones (excluding diaryl/α,β-unsaturated/α-hetero) is 2. The van der Waals surface area contributed by atoms with Gasteiger partial charge in [-0.15, -0.1) is 0 Å². The fourth-order valence-electron chi connectivity index (χ4n) is 2.16. The Kier molecular flexibility index (Phi) is 4.21. The van der Waals surface area contributed by atoms with Gasteiger partial charge in [-0.1, -0.05) is 13.8 Å². The number of hydrogen-bond donors (Lipinski definition) is 0. The molecule has 1 unspecified atom stereocenters. The summed E-state index contributed by atoms with van der Waals surface area (Å²) >= 11 is 0. The molecule has 0 N–H and O–H groups in total. The first-order chi connectivity index (χ1) is 7.41. The average molecular weight is 228 g/mol. The minimum atomic E-state index is -0.914. The first-order valence-corrected chi connectivity index (χ1v) is 5.53. The molecule has 0 bridgehead atoms. The molecule has 1 aliphatic carbocycles. The number of carbonyl (C=O) groups is 2. The van der Waals surface area contributed by atoms with Crippen molar-refractivity contribution in [2.45, 2.75) is 39.4 Å². The molecule has 92 valence electrons. The topological polar surface area (TPSA) is 52.6 Å². The minimum Gasteiger partial charge on any atom is -0.349 e. The molecule has 4 nitrogen and oxygen atoms in total. The summed E-state index contributed by atoms with van der Waals surface area (Å²) in [5.74, 6) is -0.792. The quantitative estimate of drug-likeness (QED) is 0.541. The van der Waals surface area contributed by atoms with E-state index in [1.807, 2.05) is 0 Å². The highest BCUT2D eigenvalue weighted by Crippen LogP contribution is 2.37. The molecule has 1 aliphatic rings. The van der Waals surface area contributed by atoms with E-state index >= 15 is 0 Å². The first-order valence-electron chi connectivity index (χ1n) is 5.53. The summed E-state index contributed by atoms with van der Waals surface area (Å²) in [7, 11) is 2.81. The molecule has 0 aliphatic heterocycles. The summed E-state index contributed by atoms with van der Waals surface area (Å²) in [5.41, 5.74) is 0.0419. The highest BCUT2D eigenvalue weighted by atomic mass is 16.7. The van der Waals surface area contributed by atoms with Crippen LogP contribution < -0.4 is 0 Å². The second kappa shape index (κ2) is 5.06. The van der Waals surface area contributed by atoms with Crippen molar-refractivity contribution >= 4 is 11.6 Å². The average Bonchev–Trinajstić information content (AvgIpc) is 2.23. The van der Waals surface area contributed by atoms with Crippen LogP contribution in [0.25, 0.3) is 0 Å². The van der Waals surface area contributed by atoms with Gasteiger partial charge in [-0.3, -0.25) is 9.59 Å². The van der Waals surface area contributed by atoms with Crippen LogP contribution in [0.1, 0.15) is 33.1 Å². The third-order valence-electron chi connectivity index (χ3n) is 3.20. The van der Waals surface area contributed by atoms with E-state index in [0.29, 0.717) is 12.8 Å². The number of hydrogen-bond acceptors (Lipinski definition) is 4. The largest absolute Gasteiger partial charge is 0.349 e. The monoisotopic (exact) mass is 228 g/mol. The molecule has 16 heavy (non-hydrogen) atoms. The van der Waals surface area contributed by atoms with E-state index in [0.717, 1.165) is 6.42 Å². The van der Waals surface area contributed by atoms with Crippen molar-refractivity contribution in [3.8, 4) is 0 Å². The highest BCUT2D eigenvalue weighted by Gasteiger charge is 2.40. The lowest BCUT2D eigenvalue weighted by molar-refractivity contribution is -0.165. The van der Waals surface area contributed by atoms with E-state index in [9.17, 15) is 9.59 Å². The molecule has 0 saturated heterocycles. The number of methoxy groups -OCH3 is 2. The molecule has 1 saturated carbocycles. The fraction of sp³-hybridized carbons (Fsp3) is 0.833. The van der Waals surface area contributed by atoms with Crippen molar-refractivity contribution in [3.63, 3.8) is 0 Å². The molecule has 1 fully saturated rings. The summed E-state index contributed by atoms with van der Waals surface area (Å²) < 4.78 is 9.81. The Hall–Kier alpha value is -0.740. The maximum absolute atomic E-state index is 12.0. The van der Waals surface area contributed by atoms with Crippen LogP contribution in [0.15, 0.2) is 0 Å². The number of ether oxygens (including phenoxy) is 2. The molecule has 0 radical (unpaired) electrons. The van der Waals surface area contributed by atoms with E-state index in [4.69, 9.17) is 9.47 Å². The van der Waals surface area contributed by atoms with Crippen molar-refractivity contribution in [2.75, 3.05) is 14.2 Å². The van der Waals surface area contributed by atoms with Gasteiger partial charge in [0.2, 0.25) is 6.29 Å². The maximum Gasteiger partial charge on any atom is 0.218 e. The number of rotatable bonds is 4. The lowest BCUT2D eigenvalue weighted by Crippen LogP contribution is -2.41. The van der Waals surface area contributed by atoms with E-state index in [1.165, 1.54) is 14.2 Å². The van der Waals surface area contributed by atoms with Crippen LogP contribution in [0.2, 0.25) is 0 Å². The van der Waals surface area contributed by atoms with E-state index in [1.54, 1.807) is 0 Å². The van der Waals surface area contributed by atoms with Gasteiger partial charge in [0.15, 0.2) is 5.78 Å². The van der Waals surface area contributed by atoms with Gasteiger partial charge in [-0.25, -0.2) is 0 Å². The van der Waals surface area contributed by atoms with Crippen LogP contribution in [0.4, 0.5) is 0 Å². The lowest BCUT2D eigenvalue weighted by Gasteiger charge is -2.34. The summed E-state index contributed by atoms with van der Waals surface area (Å²) in [6.07, 6.45) is 1.00. The van der Waals surface area contributed by atoms with Gasteiger partial charge in [0.05, 0.1) is 5.92 Å². The van der Waals surface area contributed by atoms with Gasteiger partial charge in [-0.2, -0.15) is 0 Å². The molecule has 1 atom stereocenters. The van der Waals surface area contributed by atoms with Crippen molar-refractivity contribution in [1.29, 1.82) is 0 Å². The van der Waals surface area contributed by atoms with Gasteiger partial charge >= 0.3 is 0 Å². The van der Waals surface area contributed by atoms with Gasteiger partial charge in [0, 0.05) is 20.6 Å². The molecule has 0 aromatic heterocycles. The Morgan fingerprint density at radius 2 is 1.94 bits per heavy atom. The Morgan fingerprint density at radius 1 is 1.38 bits per heavy atom. The second-order valence-electron chi connectivity index (χ2n) is 5.09. The normalized spacial score (nSPS) is 24.8. The zero-order valence-corrected chi connectivity index (χ0v) is 10.4. The molecule has 1 rings (SSSR count). The van der Waals surface area contributed by atoms with Crippen molar-refractivity contribution in [3.05, 3.63) is 0 Å². The molecule has 0 aromatic rings. The predicted octanol–water partition coefficient (Wildman–Crippen LogP) is 1.57. The summed E-state index contributed by atoms with van der Waals surface area (Å²) in [6, 6.07) is 0. The Balaban J connectivity index is 2.77. The predicted molar refractivity (Wildman–Crippen MR) is 58.9 cm³/mol. The maximum atomic E-state index is 12.0. The second-order valence-corrected chi connectivity index (χ2v) is 5.09. The molecular weight excluding hydrogens is 208 g/mol. The van der Waals surface area contributed by atoms with Crippen LogP contribution in [-0.4, -0.2) is 32.1 Å². The zero-order chi connectivity index (χ0) is 12.3. The van der Waals surface area contributed by atoms with Crippen LogP contribution in [0.3, 0.4) is 0 Å². The van der Waals surface area contributed by atoms with Crippen LogP contribution in [-0.2, 0) is 19.1 Å². The molecule has 0 heterocycles. The first kappa shape index (κ1) is 13.3. The Morgan fingerprint density at radius 3 is 2.44 bits per heavy atom. The van der Waals surface area contributed by atoms with Crippen LogP contribution in [0.5, 0.6) is 0 Å². The van der Waals surface area contributed by atoms with Gasteiger partial charge < -0.3 is 9.47 Å². The SMILES string of the molecule is COC(OC)C(=O)C1CC(C)(C)CCC1=O. The smallest absolute Gasteiger partial charge is 0.218 e. The van der Waals surface area contributed by atoms with Gasteiger partial charge in [0.25, 0.3) is 0 Å². The van der Waals surface area contributed by atoms with Gasteiger partial charge in [-0.05, 0) is 18.3 Å². The molecular formula is C12H20O4. The minimum absolute atomic E-state index is 0.0171. The van der Waals surface area contributed by atoms with Crippen LogP contribution >= 0.6 is 0 Å². The highest BCUT2D eigenvalue weighted by molar-refractivity contribution is 6.04. The van der Waals surface area contributed by atoms with Crippen LogP contribution in [0, 0.1) is 11.3 Å². The standard InChI is InChI=1S/C12H20O4/c1-12(2)6-5-9(13)8(7-12)10(14)11(15-3)16-4/h8,11H,5-7H2,1-4H3. The molecule has 4 heteroatoms. The number of carbonyl (C=O) groups excluding carboxylic acids is 2. The molecule has 0 aromatic carbocycles. The zero-order valence-electron chi connectivity index (χ0n) is 10.4. The summed E-state index contributed by atoms with van der Waals surface area (Å²) in [4.78, 5) is 23.7. The van der Waals surface area contributed by atoms with Crippen molar-refractivity contribution in [2.24, 2.45) is 11.3 Å². The number of ketones is 2. The summed E-state index contributed by atoms with van der Waals surface area (Å²) in [6.45, 7) is 4.16. The Labute approximate surface area is 96.3 Å². The third kappa shape index (κ3) is 2.89. The fourth-order valence-corrected chi connectivity index (χ4v) is 2.16. The van der Waals surface area contributed by atoms with Crippen molar-refractivity contribution < 1.29 is 19.1 Å².